The van der Waals surface area contributed by atoms with Gasteiger partial charge in [0, 0.05) is 12.2 Å². The summed E-state index contributed by atoms with van der Waals surface area (Å²) in [6.45, 7) is 0.383. The number of hydrogen-bond donors (Lipinski definition) is 3. The third kappa shape index (κ3) is 5.40. The normalized spacial score (nSPS) is 11.5. The van der Waals surface area contributed by atoms with Gasteiger partial charge in [-0.05, 0) is 29.8 Å². The third-order valence-electron chi connectivity index (χ3n) is 3.46. The Morgan fingerprint density at radius 3 is 2.33 bits per heavy atom. The van der Waals surface area contributed by atoms with E-state index in [1.54, 1.807) is 31.4 Å². The van der Waals surface area contributed by atoms with E-state index in [-0.39, 0.29) is 12.3 Å². The Morgan fingerprint density at radius 1 is 1.08 bits per heavy atom. The summed E-state index contributed by atoms with van der Waals surface area (Å²) < 4.78 is 5.04. The fourth-order valence-electron chi connectivity index (χ4n) is 2.16. The van der Waals surface area contributed by atoms with Crippen molar-refractivity contribution in [3.8, 4) is 5.75 Å². The number of carboxylic acid groups (broad SMARTS) is 1. The van der Waals surface area contributed by atoms with Crippen molar-refractivity contribution in [3.05, 3.63) is 60.2 Å². The fourth-order valence-corrected chi connectivity index (χ4v) is 2.16. The lowest BCUT2D eigenvalue weighted by Gasteiger charge is -2.14. The molecule has 0 spiro atoms. The second-order valence-electron chi connectivity index (χ2n) is 5.24. The zero-order valence-electron chi connectivity index (χ0n) is 13.4. The first kappa shape index (κ1) is 17.5. The van der Waals surface area contributed by atoms with E-state index >= 15 is 0 Å². The summed E-state index contributed by atoms with van der Waals surface area (Å²) in [5.41, 5.74) is 1.55. The van der Waals surface area contributed by atoms with Crippen molar-refractivity contribution in [3.63, 3.8) is 0 Å². The largest absolute Gasteiger partial charge is 0.497 e. The van der Waals surface area contributed by atoms with E-state index < -0.39 is 12.0 Å². The molecule has 24 heavy (non-hydrogen) atoms. The van der Waals surface area contributed by atoms with Gasteiger partial charge >= 0.3 is 5.97 Å². The van der Waals surface area contributed by atoms with Crippen molar-refractivity contribution in [1.29, 1.82) is 0 Å². The highest BCUT2D eigenvalue weighted by Crippen LogP contribution is 2.15. The fraction of sp³-hybridized carbons (Fsp3) is 0.222. The van der Waals surface area contributed by atoms with Gasteiger partial charge in [-0.1, -0.05) is 30.3 Å². The maximum absolute atomic E-state index is 12.0. The van der Waals surface area contributed by atoms with E-state index in [4.69, 9.17) is 4.74 Å². The van der Waals surface area contributed by atoms with Crippen LogP contribution in [-0.2, 0) is 16.1 Å². The van der Waals surface area contributed by atoms with E-state index in [1.807, 2.05) is 30.3 Å². The SMILES string of the molecule is COc1ccc(NC(=O)CC(NCc2ccccc2)C(=O)O)cc1. The van der Waals surface area contributed by atoms with Gasteiger partial charge in [-0.2, -0.15) is 0 Å². The molecule has 0 heterocycles. The molecule has 0 aliphatic heterocycles. The summed E-state index contributed by atoms with van der Waals surface area (Å²) >= 11 is 0. The summed E-state index contributed by atoms with van der Waals surface area (Å²) in [7, 11) is 1.56. The molecule has 2 rings (SSSR count). The number of benzene rings is 2. The summed E-state index contributed by atoms with van der Waals surface area (Å²) in [6.07, 6.45) is -0.159. The van der Waals surface area contributed by atoms with Gasteiger partial charge in [-0.25, -0.2) is 0 Å². The molecule has 126 valence electrons. The van der Waals surface area contributed by atoms with E-state index in [0.717, 1.165) is 5.56 Å². The van der Waals surface area contributed by atoms with Crippen molar-refractivity contribution >= 4 is 17.6 Å². The molecule has 0 fully saturated rings. The Labute approximate surface area is 140 Å². The number of carbonyl (C=O) groups is 2. The average Bonchev–Trinajstić information content (AvgIpc) is 2.60. The van der Waals surface area contributed by atoms with Crippen LogP contribution >= 0.6 is 0 Å². The summed E-state index contributed by atoms with van der Waals surface area (Å²) in [4.78, 5) is 23.4. The Kier molecular flexibility index (Phi) is 6.33. The first-order valence-corrected chi connectivity index (χ1v) is 7.52. The highest BCUT2D eigenvalue weighted by molar-refractivity contribution is 5.94. The molecule has 6 nitrogen and oxygen atoms in total. The van der Waals surface area contributed by atoms with Gasteiger partial charge in [-0.3, -0.25) is 14.9 Å². The van der Waals surface area contributed by atoms with E-state index in [0.29, 0.717) is 18.0 Å². The number of aliphatic carboxylic acids is 1. The number of hydrogen-bond acceptors (Lipinski definition) is 4. The van der Waals surface area contributed by atoms with E-state index in [1.165, 1.54) is 0 Å². The van der Waals surface area contributed by atoms with Crippen LogP contribution in [-0.4, -0.2) is 30.1 Å². The number of anilines is 1. The van der Waals surface area contributed by atoms with Crippen LogP contribution < -0.4 is 15.4 Å². The van der Waals surface area contributed by atoms with Crippen molar-refractivity contribution in [1.82, 2.24) is 5.32 Å². The van der Waals surface area contributed by atoms with Gasteiger partial charge < -0.3 is 15.2 Å². The van der Waals surface area contributed by atoms with E-state index in [2.05, 4.69) is 10.6 Å². The first-order valence-electron chi connectivity index (χ1n) is 7.52. The second-order valence-corrected chi connectivity index (χ2v) is 5.24. The monoisotopic (exact) mass is 328 g/mol. The van der Waals surface area contributed by atoms with Crippen molar-refractivity contribution in [2.24, 2.45) is 0 Å². The summed E-state index contributed by atoms with van der Waals surface area (Å²) in [5, 5.41) is 14.8. The number of methoxy groups -OCH3 is 1. The molecule has 0 aromatic heterocycles. The average molecular weight is 328 g/mol. The standard InChI is InChI=1S/C18H20N2O4/c1-24-15-9-7-14(8-10-15)20-17(21)11-16(18(22)23)19-12-13-5-3-2-4-6-13/h2-10,16,19H,11-12H2,1H3,(H,20,21)(H,22,23). The number of ether oxygens (including phenoxy) is 1. The van der Waals surface area contributed by atoms with Crippen molar-refractivity contribution in [2.45, 2.75) is 19.0 Å². The molecule has 3 N–H and O–H groups in total. The zero-order chi connectivity index (χ0) is 17.4. The summed E-state index contributed by atoms with van der Waals surface area (Å²) in [6, 6.07) is 15.3. The first-order chi connectivity index (χ1) is 11.6. The molecule has 0 aliphatic carbocycles. The Hall–Kier alpha value is -2.86. The van der Waals surface area contributed by atoms with Crippen molar-refractivity contribution < 1.29 is 19.4 Å². The van der Waals surface area contributed by atoms with Gasteiger partial charge in [0.2, 0.25) is 5.91 Å². The molecule has 0 bridgehead atoms. The molecular weight excluding hydrogens is 308 g/mol. The minimum atomic E-state index is -1.06. The van der Waals surface area contributed by atoms with Crippen LogP contribution in [0.25, 0.3) is 0 Å². The Bertz CT molecular complexity index is 671. The molecular formula is C18H20N2O4. The molecule has 0 radical (unpaired) electrons. The molecule has 0 saturated carbocycles. The minimum Gasteiger partial charge on any atom is -0.497 e. The van der Waals surface area contributed by atoms with Gasteiger partial charge in [0.1, 0.15) is 11.8 Å². The predicted octanol–water partition coefficient (Wildman–Crippen LogP) is 2.27. The van der Waals surface area contributed by atoms with Gasteiger partial charge in [0.25, 0.3) is 0 Å². The smallest absolute Gasteiger partial charge is 0.321 e. The highest BCUT2D eigenvalue weighted by Gasteiger charge is 2.20. The maximum atomic E-state index is 12.0. The van der Waals surface area contributed by atoms with Crippen LogP contribution in [0, 0.1) is 0 Å². The highest BCUT2D eigenvalue weighted by atomic mass is 16.5. The van der Waals surface area contributed by atoms with Gasteiger partial charge in [0.15, 0.2) is 0 Å². The van der Waals surface area contributed by atoms with Gasteiger partial charge in [-0.15, -0.1) is 0 Å². The van der Waals surface area contributed by atoms with Crippen molar-refractivity contribution in [2.75, 3.05) is 12.4 Å². The number of nitrogens with one attached hydrogen (secondary N) is 2. The molecule has 1 unspecified atom stereocenters. The number of carbonyl (C=O) groups excluding carboxylic acids is 1. The molecule has 6 heteroatoms. The summed E-state index contributed by atoms with van der Waals surface area (Å²) in [5.74, 6) is -0.745. The topological polar surface area (TPSA) is 87.7 Å². The molecule has 1 amide bonds. The molecule has 1 atom stereocenters. The van der Waals surface area contributed by atoms with Crippen LogP contribution in [0.4, 0.5) is 5.69 Å². The third-order valence-corrected chi connectivity index (χ3v) is 3.46. The molecule has 0 saturated heterocycles. The van der Waals surface area contributed by atoms with Crippen LogP contribution in [0.1, 0.15) is 12.0 Å². The van der Waals surface area contributed by atoms with Crippen LogP contribution in [0.15, 0.2) is 54.6 Å². The van der Waals surface area contributed by atoms with Crippen LogP contribution in [0.5, 0.6) is 5.75 Å². The quantitative estimate of drug-likeness (QED) is 0.692. The Morgan fingerprint density at radius 2 is 1.75 bits per heavy atom. The van der Waals surface area contributed by atoms with Gasteiger partial charge in [0.05, 0.1) is 13.5 Å². The van der Waals surface area contributed by atoms with Crippen LogP contribution in [0.2, 0.25) is 0 Å². The Balaban J connectivity index is 1.89. The number of amides is 1. The minimum absolute atomic E-state index is 0.159. The predicted molar refractivity (Wildman–Crippen MR) is 90.9 cm³/mol. The molecule has 2 aromatic rings. The van der Waals surface area contributed by atoms with Crippen LogP contribution in [0.3, 0.4) is 0 Å². The lowest BCUT2D eigenvalue weighted by molar-refractivity contribution is -0.141. The lowest BCUT2D eigenvalue weighted by Crippen LogP contribution is -2.39. The molecule has 2 aromatic carbocycles. The maximum Gasteiger partial charge on any atom is 0.321 e. The van der Waals surface area contributed by atoms with E-state index in [9.17, 15) is 14.7 Å². The number of carboxylic acids is 1. The molecule has 0 aliphatic rings. The lowest BCUT2D eigenvalue weighted by atomic mass is 10.1. The number of rotatable bonds is 8. The zero-order valence-corrected chi connectivity index (χ0v) is 13.4. The second kappa shape index (κ2) is 8.69.